The van der Waals surface area contributed by atoms with Crippen LogP contribution in [0.25, 0.3) is 10.9 Å². The van der Waals surface area contributed by atoms with E-state index in [-0.39, 0.29) is 23.6 Å². The van der Waals surface area contributed by atoms with E-state index in [4.69, 9.17) is 0 Å². The maximum absolute atomic E-state index is 13.1. The molecule has 2 heterocycles. The summed E-state index contributed by atoms with van der Waals surface area (Å²) in [6.45, 7) is 6.57. The summed E-state index contributed by atoms with van der Waals surface area (Å²) in [5, 5.41) is 14.1. The number of nitrogens with one attached hydrogen (secondary N) is 1. The van der Waals surface area contributed by atoms with Gasteiger partial charge in [-0.3, -0.25) is 9.59 Å². The van der Waals surface area contributed by atoms with Gasteiger partial charge in [-0.15, -0.1) is 0 Å². The van der Waals surface area contributed by atoms with Crippen molar-refractivity contribution in [2.75, 3.05) is 13.1 Å². The maximum Gasteiger partial charge on any atom is 0.272 e. The number of aromatic nitrogens is 1. The number of phenolic OH excluding ortho intramolecular Hbond substituents is 1. The average Bonchev–Trinajstić information content (AvgIpc) is 2.65. The number of likely N-dealkylation sites (tertiary alicyclic amines) is 1. The molecule has 1 aromatic carbocycles. The van der Waals surface area contributed by atoms with Gasteiger partial charge in [0.15, 0.2) is 0 Å². The number of aromatic hydroxyl groups is 1. The fourth-order valence-electron chi connectivity index (χ4n) is 3.86. The van der Waals surface area contributed by atoms with Gasteiger partial charge in [0.1, 0.15) is 17.0 Å². The van der Waals surface area contributed by atoms with Crippen molar-refractivity contribution in [1.29, 1.82) is 0 Å². The highest BCUT2D eigenvalue weighted by atomic mass is 16.3. The Morgan fingerprint density at radius 2 is 2.04 bits per heavy atom. The standard InChI is InChI=1S/C21H27N3O3/c1-13-12-14(2)20(26)19-17(13)7-8-18(23-19)21(27)24-11-5-4-6-16(24)9-10-22-15(3)25/h7-8,12,16,26H,4-6,9-11H2,1-3H3,(H,22,25)/t16-/m0/s1. The van der Waals surface area contributed by atoms with E-state index in [1.165, 1.54) is 6.92 Å². The average molecular weight is 369 g/mol. The summed E-state index contributed by atoms with van der Waals surface area (Å²) in [5.74, 6) is -0.0322. The molecule has 2 amide bonds. The Bertz CT molecular complexity index is 879. The highest BCUT2D eigenvalue weighted by molar-refractivity contribution is 5.97. The first-order chi connectivity index (χ1) is 12.9. The fraction of sp³-hybridized carbons (Fsp3) is 0.476. The third kappa shape index (κ3) is 4.04. The molecule has 1 saturated heterocycles. The molecule has 2 aromatic rings. The minimum absolute atomic E-state index is 0.0545. The normalized spacial score (nSPS) is 17.1. The second kappa shape index (κ2) is 7.94. The van der Waals surface area contributed by atoms with E-state index in [9.17, 15) is 14.7 Å². The minimum atomic E-state index is -0.108. The molecule has 0 saturated carbocycles. The van der Waals surface area contributed by atoms with E-state index in [1.54, 1.807) is 6.07 Å². The molecule has 1 aliphatic heterocycles. The van der Waals surface area contributed by atoms with Crippen molar-refractivity contribution in [2.24, 2.45) is 0 Å². The zero-order valence-corrected chi connectivity index (χ0v) is 16.2. The Hall–Kier alpha value is -2.63. The lowest BCUT2D eigenvalue weighted by atomic mass is 9.98. The van der Waals surface area contributed by atoms with Crippen LogP contribution in [0.4, 0.5) is 0 Å². The van der Waals surface area contributed by atoms with E-state index in [1.807, 2.05) is 30.9 Å². The van der Waals surface area contributed by atoms with Gasteiger partial charge in [0.05, 0.1) is 0 Å². The van der Waals surface area contributed by atoms with Crippen molar-refractivity contribution in [1.82, 2.24) is 15.2 Å². The smallest absolute Gasteiger partial charge is 0.272 e. The molecule has 1 aromatic heterocycles. The van der Waals surface area contributed by atoms with Crippen molar-refractivity contribution in [3.63, 3.8) is 0 Å². The number of carbonyl (C=O) groups is 2. The Morgan fingerprint density at radius 1 is 1.26 bits per heavy atom. The van der Waals surface area contributed by atoms with Crippen molar-refractivity contribution in [3.05, 3.63) is 35.0 Å². The molecule has 0 unspecified atom stereocenters. The molecule has 0 spiro atoms. The van der Waals surface area contributed by atoms with Crippen LogP contribution in [-0.2, 0) is 4.79 Å². The Balaban J connectivity index is 1.86. The van der Waals surface area contributed by atoms with Crippen molar-refractivity contribution < 1.29 is 14.7 Å². The third-order valence-electron chi connectivity index (χ3n) is 5.31. The summed E-state index contributed by atoms with van der Waals surface area (Å²) in [5.41, 5.74) is 2.61. The van der Waals surface area contributed by atoms with Crippen LogP contribution in [0.2, 0.25) is 0 Å². The second-order valence-corrected chi connectivity index (χ2v) is 7.37. The van der Waals surface area contributed by atoms with Gasteiger partial charge in [-0.25, -0.2) is 4.98 Å². The first-order valence-electron chi connectivity index (χ1n) is 9.54. The molecule has 0 radical (unpaired) electrons. The summed E-state index contributed by atoms with van der Waals surface area (Å²) < 4.78 is 0. The van der Waals surface area contributed by atoms with Gasteiger partial charge >= 0.3 is 0 Å². The van der Waals surface area contributed by atoms with Gasteiger partial charge in [0, 0.05) is 31.4 Å². The molecular formula is C21H27N3O3. The van der Waals surface area contributed by atoms with Crippen LogP contribution >= 0.6 is 0 Å². The molecule has 27 heavy (non-hydrogen) atoms. The van der Waals surface area contributed by atoms with Crippen LogP contribution in [-0.4, -0.2) is 45.9 Å². The van der Waals surface area contributed by atoms with Crippen LogP contribution in [0.1, 0.15) is 54.2 Å². The fourth-order valence-corrected chi connectivity index (χ4v) is 3.86. The molecule has 6 heteroatoms. The summed E-state index contributed by atoms with van der Waals surface area (Å²) in [7, 11) is 0. The van der Waals surface area contributed by atoms with Gasteiger partial charge < -0.3 is 15.3 Å². The predicted molar refractivity (Wildman–Crippen MR) is 105 cm³/mol. The lowest BCUT2D eigenvalue weighted by Gasteiger charge is -2.35. The summed E-state index contributed by atoms with van der Waals surface area (Å²) in [4.78, 5) is 30.6. The van der Waals surface area contributed by atoms with Crippen molar-refractivity contribution >= 4 is 22.7 Å². The number of hydrogen-bond donors (Lipinski definition) is 2. The topological polar surface area (TPSA) is 82.5 Å². The number of fused-ring (bicyclic) bond motifs is 1. The number of nitrogens with zero attached hydrogens (tertiary/aromatic N) is 2. The number of amides is 2. The molecular weight excluding hydrogens is 342 g/mol. The zero-order chi connectivity index (χ0) is 19.6. The molecule has 1 fully saturated rings. The number of pyridine rings is 1. The first kappa shape index (κ1) is 19.1. The lowest BCUT2D eigenvalue weighted by Crippen LogP contribution is -2.45. The van der Waals surface area contributed by atoms with E-state index in [0.29, 0.717) is 24.3 Å². The number of rotatable bonds is 4. The molecule has 0 bridgehead atoms. The van der Waals surface area contributed by atoms with Crippen LogP contribution in [0.5, 0.6) is 5.75 Å². The van der Waals surface area contributed by atoms with E-state index >= 15 is 0 Å². The second-order valence-electron chi connectivity index (χ2n) is 7.37. The Kier molecular flexibility index (Phi) is 5.63. The summed E-state index contributed by atoms with van der Waals surface area (Å²) in [6.07, 6.45) is 3.73. The number of aryl methyl sites for hydroxylation is 2. The molecule has 144 valence electrons. The van der Waals surface area contributed by atoms with Crippen molar-refractivity contribution in [3.8, 4) is 5.75 Å². The van der Waals surface area contributed by atoms with Gasteiger partial charge in [-0.05, 0) is 56.7 Å². The van der Waals surface area contributed by atoms with Gasteiger partial charge in [-0.2, -0.15) is 0 Å². The SMILES string of the molecule is CC(=O)NCC[C@@H]1CCCCN1C(=O)c1ccc2c(C)cc(C)c(O)c2n1. The van der Waals surface area contributed by atoms with Crippen LogP contribution in [0.15, 0.2) is 18.2 Å². The first-order valence-corrected chi connectivity index (χ1v) is 9.54. The highest BCUT2D eigenvalue weighted by Crippen LogP contribution is 2.30. The van der Waals surface area contributed by atoms with Crippen molar-refractivity contribution in [2.45, 2.75) is 52.5 Å². The largest absolute Gasteiger partial charge is 0.505 e. The highest BCUT2D eigenvalue weighted by Gasteiger charge is 2.28. The number of carbonyl (C=O) groups excluding carboxylic acids is 2. The van der Waals surface area contributed by atoms with E-state index in [0.717, 1.165) is 42.2 Å². The third-order valence-corrected chi connectivity index (χ3v) is 5.31. The zero-order valence-electron chi connectivity index (χ0n) is 16.2. The summed E-state index contributed by atoms with van der Waals surface area (Å²) >= 11 is 0. The number of phenols is 1. The van der Waals surface area contributed by atoms with Crippen LogP contribution in [0.3, 0.4) is 0 Å². The number of hydrogen-bond acceptors (Lipinski definition) is 4. The molecule has 3 rings (SSSR count). The predicted octanol–water partition coefficient (Wildman–Crippen LogP) is 3.08. The Morgan fingerprint density at radius 3 is 2.78 bits per heavy atom. The lowest BCUT2D eigenvalue weighted by molar-refractivity contribution is -0.119. The molecule has 2 N–H and O–H groups in total. The van der Waals surface area contributed by atoms with E-state index < -0.39 is 0 Å². The van der Waals surface area contributed by atoms with Crippen LogP contribution in [0, 0.1) is 13.8 Å². The molecule has 1 aliphatic rings. The Labute approximate surface area is 159 Å². The van der Waals surface area contributed by atoms with Crippen LogP contribution < -0.4 is 5.32 Å². The van der Waals surface area contributed by atoms with Gasteiger partial charge in [0.2, 0.25) is 5.91 Å². The molecule has 1 atom stereocenters. The summed E-state index contributed by atoms with van der Waals surface area (Å²) in [6, 6.07) is 5.62. The van der Waals surface area contributed by atoms with Gasteiger partial charge in [0.25, 0.3) is 5.91 Å². The number of benzene rings is 1. The maximum atomic E-state index is 13.1. The molecule has 0 aliphatic carbocycles. The monoisotopic (exact) mass is 369 g/mol. The number of piperidine rings is 1. The van der Waals surface area contributed by atoms with E-state index in [2.05, 4.69) is 10.3 Å². The van der Waals surface area contributed by atoms with Gasteiger partial charge in [-0.1, -0.05) is 12.1 Å². The quantitative estimate of drug-likeness (QED) is 0.868. The molecule has 6 nitrogen and oxygen atoms in total. The minimum Gasteiger partial charge on any atom is -0.505 e.